The summed E-state index contributed by atoms with van der Waals surface area (Å²) in [5.74, 6) is 2.81. The third-order valence-corrected chi connectivity index (χ3v) is 2.69. The topological polar surface area (TPSA) is 35.5 Å². The second-order valence-electron chi connectivity index (χ2n) is 4.64. The van der Waals surface area contributed by atoms with Crippen molar-refractivity contribution < 1.29 is 14.3 Å². The van der Waals surface area contributed by atoms with Gasteiger partial charge in [0.2, 0.25) is 0 Å². The van der Waals surface area contributed by atoms with E-state index >= 15 is 0 Å². The SMILES string of the molecule is CCOC/C=C(\C#C[Si](C)(C)C)CC(=O)OC. The highest BCUT2D eigenvalue weighted by Gasteiger charge is 2.09. The molecule has 0 aliphatic heterocycles. The number of rotatable bonds is 5. The van der Waals surface area contributed by atoms with Gasteiger partial charge in [-0.05, 0) is 13.0 Å². The Morgan fingerprint density at radius 2 is 2.00 bits per heavy atom. The quantitative estimate of drug-likeness (QED) is 0.327. The van der Waals surface area contributed by atoms with Crippen molar-refractivity contribution in [2.24, 2.45) is 0 Å². The van der Waals surface area contributed by atoms with Crippen LogP contribution in [-0.2, 0) is 14.3 Å². The largest absolute Gasteiger partial charge is 0.469 e. The fourth-order valence-electron chi connectivity index (χ4n) is 0.940. The monoisotopic (exact) mass is 254 g/mol. The third-order valence-electron chi connectivity index (χ3n) is 1.81. The van der Waals surface area contributed by atoms with Gasteiger partial charge in [-0.15, -0.1) is 5.54 Å². The standard InChI is InChI=1S/C13H22O3Si/c1-6-16-9-7-12(11-13(14)15-2)8-10-17(3,4)5/h7H,6,9,11H2,1-5H3/b12-7+. The molecule has 0 radical (unpaired) electrons. The van der Waals surface area contributed by atoms with Crippen molar-refractivity contribution >= 4 is 14.0 Å². The Morgan fingerprint density at radius 3 is 2.47 bits per heavy atom. The molecular formula is C13H22O3Si. The minimum Gasteiger partial charge on any atom is -0.469 e. The average molecular weight is 254 g/mol. The van der Waals surface area contributed by atoms with E-state index in [9.17, 15) is 4.79 Å². The molecule has 17 heavy (non-hydrogen) atoms. The second-order valence-corrected chi connectivity index (χ2v) is 9.39. The summed E-state index contributed by atoms with van der Waals surface area (Å²) < 4.78 is 9.87. The van der Waals surface area contributed by atoms with Crippen LogP contribution in [0.1, 0.15) is 13.3 Å². The van der Waals surface area contributed by atoms with Crippen LogP contribution in [0.5, 0.6) is 0 Å². The fraction of sp³-hybridized carbons (Fsp3) is 0.615. The third kappa shape index (κ3) is 9.85. The molecule has 0 amide bonds. The van der Waals surface area contributed by atoms with Crippen LogP contribution in [0.3, 0.4) is 0 Å². The molecule has 0 rings (SSSR count). The molecule has 0 N–H and O–H groups in total. The number of hydrogen-bond donors (Lipinski definition) is 0. The van der Waals surface area contributed by atoms with Crippen LogP contribution in [0, 0.1) is 11.5 Å². The first-order valence-electron chi connectivity index (χ1n) is 5.75. The van der Waals surface area contributed by atoms with Gasteiger partial charge in [-0.1, -0.05) is 25.6 Å². The molecule has 0 heterocycles. The van der Waals surface area contributed by atoms with Crippen molar-refractivity contribution in [2.75, 3.05) is 20.3 Å². The number of hydrogen-bond acceptors (Lipinski definition) is 3. The Morgan fingerprint density at radius 1 is 1.35 bits per heavy atom. The zero-order valence-electron chi connectivity index (χ0n) is 11.4. The molecule has 0 spiro atoms. The van der Waals surface area contributed by atoms with Crippen molar-refractivity contribution in [3.63, 3.8) is 0 Å². The summed E-state index contributed by atoms with van der Waals surface area (Å²) in [7, 11) is -0.0403. The van der Waals surface area contributed by atoms with E-state index in [-0.39, 0.29) is 12.4 Å². The van der Waals surface area contributed by atoms with E-state index in [2.05, 4.69) is 35.8 Å². The van der Waals surface area contributed by atoms with Crippen LogP contribution < -0.4 is 0 Å². The summed E-state index contributed by atoms with van der Waals surface area (Å²) in [6, 6.07) is 0. The molecule has 3 nitrogen and oxygen atoms in total. The van der Waals surface area contributed by atoms with Gasteiger partial charge < -0.3 is 9.47 Å². The molecule has 0 aromatic carbocycles. The second kappa shape index (κ2) is 8.10. The summed E-state index contributed by atoms with van der Waals surface area (Å²) in [6.07, 6.45) is 2.08. The van der Waals surface area contributed by atoms with Crippen LogP contribution in [-0.4, -0.2) is 34.4 Å². The average Bonchev–Trinajstić information content (AvgIpc) is 2.24. The summed E-state index contributed by atoms with van der Waals surface area (Å²) >= 11 is 0. The molecule has 0 saturated heterocycles. The Balaban J connectivity index is 4.65. The molecule has 0 bridgehead atoms. The Kier molecular flexibility index (Phi) is 7.60. The first kappa shape index (κ1) is 15.9. The molecule has 96 valence electrons. The molecule has 0 saturated carbocycles. The first-order chi connectivity index (χ1) is 7.89. The lowest BCUT2D eigenvalue weighted by Crippen LogP contribution is -2.16. The highest BCUT2D eigenvalue weighted by Crippen LogP contribution is 2.04. The number of methoxy groups -OCH3 is 1. The molecule has 0 aromatic heterocycles. The van der Waals surface area contributed by atoms with Gasteiger partial charge in [-0.2, -0.15) is 0 Å². The lowest BCUT2D eigenvalue weighted by atomic mass is 10.2. The summed E-state index contributed by atoms with van der Waals surface area (Å²) in [4.78, 5) is 11.2. The predicted molar refractivity (Wildman–Crippen MR) is 72.3 cm³/mol. The molecule has 0 aliphatic carbocycles. The van der Waals surface area contributed by atoms with Crippen LogP contribution >= 0.6 is 0 Å². The van der Waals surface area contributed by atoms with E-state index in [1.165, 1.54) is 7.11 Å². The first-order valence-corrected chi connectivity index (χ1v) is 9.25. The molecule has 0 aliphatic rings. The van der Waals surface area contributed by atoms with Crippen molar-refractivity contribution in [1.82, 2.24) is 0 Å². The molecule has 0 aromatic rings. The normalized spacial score (nSPS) is 11.7. The Labute approximate surface area is 105 Å². The lowest BCUT2D eigenvalue weighted by Gasteiger charge is -2.05. The van der Waals surface area contributed by atoms with Gasteiger partial charge in [-0.25, -0.2) is 0 Å². The van der Waals surface area contributed by atoms with E-state index in [4.69, 9.17) is 4.74 Å². The molecule has 0 fully saturated rings. The van der Waals surface area contributed by atoms with E-state index in [0.717, 1.165) is 5.57 Å². The van der Waals surface area contributed by atoms with Crippen molar-refractivity contribution in [3.8, 4) is 11.5 Å². The minimum atomic E-state index is -1.42. The van der Waals surface area contributed by atoms with Gasteiger partial charge in [-0.3, -0.25) is 4.79 Å². The summed E-state index contributed by atoms with van der Waals surface area (Å²) in [5, 5.41) is 0. The molecule has 4 heteroatoms. The van der Waals surface area contributed by atoms with Crippen LogP contribution in [0.25, 0.3) is 0 Å². The van der Waals surface area contributed by atoms with Crippen LogP contribution in [0.2, 0.25) is 19.6 Å². The number of carbonyl (C=O) groups excluding carboxylic acids is 1. The van der Waals surface area contributed by atoms with E-state index < -0.39 is 8.07 Å². The zero-order valence-corrected chi connectivity index (χ0v) is 12.4. The van der Waals surface area contributed by atoms with Gasteiger partial charge in [0.15, 0.2) is 0 Å². The smallest absolute Gasteiger partial charge is 0.310 e. The van der Waals surface area contributed by atoms with Crippen molar-refractivity contribution in [2.45, 2.75) is 33.0 Å². The van der Waals surface area contributed by atoms with Gasteiger partial charge in [0.05, 0.1) is 20.1 Å². The lowest BCUT2D eigenvalue weighted by molar-refractivity contribution is -0.139. The Bertz CT molecular complexity index is 329. The summed E-state index contributed by atoms with van der Waals surface area (Å²) in [5.41, 5.74) is 4.02. The van der Waals surface area contributed by atoms with E-state index in [0.29, 0.717) is 13.2 Å². The minimum absolute atomic E-state index is 0.223. The van der Waals surface area contributed by atoms with E-state index in [1.54, 1.807) is 0 Å². The molecular weight excluding hydrogens is 232 g/mol. The Hall–Kier alpha value is -1.05. The molecule has 0 atom stereocenters. The van der Waals surface area contributed by atoms with Crippen molar-refractivity contribution in [3.05, 3.63) is 11.6 Å². The maximum absolute atomic E-state index is 11.2. The maximum atomic E-state index is 11.2. The van der Waals surface area contributed by atoms with Gasteiger partial charge in [0.1, 0.15) is 8.07 Å². The van der Waals surface area contributed by atoms with Gasteiger partial charge >= 0.3 is 5.97 Å². The summed E-state index contributed by atoms with van der Waals surface area (Å²) in [6.45, 7) is 9.57. The number of carbonyl (C=O) groups is 1. The highest BCUT2D eigenvalue weighted by atomic mass is 28.3. The fourth-order valence-corrected chi connectivity index (χ4v) is 1.48. The van der Waals surface area contributed by atoms with Crippen LogP contribution in [0.4, 0.5) is 0 Å². The predicted octanol–water partition coefficient (Wildman–Crippen LogP) is 2.39. The van der Waals surface area contributed by atoms with Gasteiger partial charge in [0, 0.05) is 12.2 Å². The molecule has 0 unspecified atom stereocenters. The van der Waals surface area contributed by atoms with Crippen LogP contribution in [0.15, 0.2) is 11.6 Å². The number of esters is 1. The maximum Gasteiger partial charge on any atom is 0.310 e. The van der Waals surface area contributed by atoms with E-state index in [1.807, 2.05) is 13.0 Å². The highest BCUT2D eigenvalue weighted by molar-refractivity contribution is 6.83. The van der Waals surface area contributed by atoms with Crippen molar-refractivity contribution in [1.29, 1.82) is 0 Å². The number of ether oxygens (including phenoxy) is 2. The van der Waals surface area contributed by atoms with Gasteiger partial charge in [0.25, 0.3) is 0 Å². The zero-order chi connectivity index (χ0) is 13.3.